The van der Waals surface area contributed by atoms with E-state index in [-0.39, 0.29) is 35.4 Å². The SMILES string of the molecule is COc1cc(C=NNC(=O)c2ccc(C)cc2)ccc1Oc1nc2c(c(=O)n(C)c(=O)n2C)n1Cc1ccc(Cl)cc1Cl. The maximum atomic E-state index is 13.2. The third-order valence-corrected chi connectivity index (χ3v) is 7.33. The quantitative estimate of drug-likeness (QED) is 0.199. The number of aryl methyl sites for hydroxylation is 2. The van der Waals surface area contributed by atoms with Gasteiger partial charge in [0.1, 0.15) is 0 Å². The molecule has 5 aromatic rings. The second-order valence-corrected chi connectivity index (χ2v) is 10.5. The number of rotatable bonds is 8. The number of benzene rings is 3. The standard InChI is InChI=1S/C30H26Cl2N6O5/c1-17-5-8-19(9-6-17)27(39)35-33-15-18-7-12-23(24(13-18)42-4)43-29-34-26-25(28(40)37(3)30(41)36(26)2)38(29)16-20-10-11-21(31)14-22(20)32/h5-15H,16H2,1-4H3,(H,35,39). The van der Waals surface area contributed by atoms with Gasteiger partial charge < -0.3 is 9.47 Å². The number of carbonyl (C=O) groups excluding carboxylic acids is 1. The molecule has 0 aliphatic rings. The van der Waals surface area contributed by atoms with Gasteiger partial charge >= 0.3 is 11.7 Å². The maximum Gasteiger partial charge on any atom is 0.332 e. The van der Waals surface area contributed by atoms with Crippen molar-refractivity contribution >= 4 is 46.5 Å². The molecule has 1 N–H and O–H groups in total. The van der Waals surface area contributed by atoms with E-state index in [0.717, 1.165) is 10.1 Å². The lowest BCUT2D eigenvalue weighted by molar-refractivity contribution is 0.0955. The van der Waals surface area contributed by atoms with Crippen LogP contribution in [0.2, 0.25) is 10.0 Å². The zero-order chi connectivity index (χ0) is 30.8. The highest BCUT2D eigenvalue weighted by molar-refractivity contribution is 6.35. The molecule has 43 heavy (non-hydrogen) atoms. The lowest BCUT2D eigenvalue weighted by atomic mass is 10.1. The number of amides is 1. The van der Waals surface area contributed by atoms with Gasteiger partial charge in [0.25, 0.3) is 11.5 Å². The monoisotopic (exact) mass is 620 g/mol. The number of nitrogens with zero attached hydrogens (tertiary/aromatic N) is 5. The number of carbonyl (C=O) groups is 1. The largest absolute Gasteiger partial charge is 0.493 e. The summed E-state index contributed by atoms with van der Waals surface area (Å²) in [5.41, 5.74) is 4.51. The van der Waals surface area contributed by atoms with Gasteiger partial charge in [-0.1, -0.05) is 47.0 Å². The van der Waals surface area contributed by atoms with Gasteiger partial charge in [-0.15, -0.1) is 0 Å². The van der Waals surface area contributed by atoms with Crippen molar-refractivity contribution in [3.8, 4) is 17.5 Å². The van der Waals surface area contributed by atoms with E-state index in [2.05, 4.69) is 15.5 Å². The molecule has 11 nitrogen and oxygen atoms in total. The fraction of sp³-hybridized carbons (Fsp3) is 0.167. The fourth-order valence-electron chi connectivity index (χ4n) is 4.35. The Morgan fingerprint density at radius 2 is 1.74 bits per heavy atom. The Bertz CT molecular complexity index is 2010. The first-order valence-corrected chi connectivity index (χ1v) is 13.7. The molecule has 0 unspecified atom stereocenters. The number of ether oxygens (including phenoxy) is 2. The zero-order valence-electron chi connectivity index (χ0n) is 23.6. The Hall–Kier alpha value is -4.87. The summed E-state index contributed by atoms with van der Waals surface area (Å²) in [5.74, 6) is 0.270. The van der Waals surface area contributed by atoms with Crippen LogP contribution in [0.4, 0.5) is 0 Å². The van der Waals surface area contributed by atoms with Gasteiger partial charge in [-0.2, -0.15) is 10.1 Å². The van der Waals surface area contributed by atoms with E-state index in [9.17, 15) is 14.4 Å². The van der Waals surface area contributed by atoms with E-state index in [1.165, 1.54) is 32.0 Å². The van der Waals surface area contributed by atoms with Crippen LogP contribution >= 0.6 is 23.2 Å². The first-order valence-electron chi connectivity index (χ1n) is 12.9. The average Bonchev–Trinajstić information content (AvgIpc) is 3.35. The predicted molar refractivity (Wildman–Crippen MR) is 165 cm³/mol. The molecule has 0 saturated carbocycles. The molecule has 0 atom stereocenters. The number of halogens is 2. The van der Waals surface area contributed by atoms with Crippen molar-refractivity contribution < 1.29 is 14.3 Å². The lowest BCUT2D eigenvalue weighted by Gasteiger charge is -2.13. The van der Waals surface area contributed by atoms with Crippen LogP contribution in [-0.2, 0) is 20.6 Å². The number of hydrazone groups is 1. The first kappa shape index (κ1) is 29.6. The van der Waals surface area contributed by atoms with Crippen molar-refractivity contribution in [3.05, 3.63) is 114 Å². The predicted octanol–water partition coefficient (Wildman–Crippen LogP) is 4.66. The molecule has 0 bridgehead atoms. The second-order valence-electron chi connectivity index (χ2n) is 9.67. The van der Waals surface area contributed by atoms with Crippen molar-refractivity contribution in [1.29, 1.82) is 0 Å². The molecule has 2 heterocycles. The molecule has 13 heteroatoms. The molecule has 0 spiro atoms. The van der Waals surface area contributed by atoms with Crippen molar-refractivity contribution in [2.24, 2.45) is 19.2 Å². The lowest BCUT2D eigenvalue weighted by Crippen LogP contribution is -2.37. The van der Waals surface area contributed by atoms with Gasteiger partial charge in [0.2, 0.25) is 0 Å². The number of methoxy groups -OCH3 is 1. The average molecular weight is 621 g/mol. The second kappa shape index (κ2) is 12.2. The Morgan fingerprint density at radius 1 is 1.00 bits per heavy atom. The molecular weight excluding hydrogens is 595 g/mol. The zero-order valence-corrected chi connectivity index (χ0v) is 25.1. The summed E-state index contributed by atoms with van der Waals surface area (Å²) in [7, 11) is 4.38. The van der Waals surface area contributed by atoms with Crippen molar-refractivity contribution in [1.82, 2.24) is 24.1 Å². The van der Waals surface area contributed by atoms with Gasteiger partial charge in [0, 0.05) is 29.7 Å². The van der Waals surface area contributed by atoms with Crippen LogP contribution in [-0.4, -0.2) is 37.9 Å². The summed E-state index contributed by atoms with van der Waals surface area (Å²) >= 11 is 12.5. The van der Waals surface area contributed by atoms with Crippen LogP contribution in [0.3, 0.4) is 0 Å². The highest BCUT2D eigenvalue weighted by Crippen LogP contribution is 2.34. The van der Waals surface area contributed by atoms with Crippen LogP contribution in [0.25, 0.3) is 11.2 Å². The maximum absolute atomic E-state index is 13.2. The number of fused-ring (bicyclic) bond motifs is 1. The molecule has 2 aromatic heterocycles. The molecule has 220 valence electrons. The molecule has 3 aromatic carbocycles. The van der Waals surface area contributed by atoms with Crippen LogP contribution in [0.5, 0.6) is 17.5 Å². The number of hydrogen-bond donors (Lipinski definition) is 1. The molecule has 0 aliphatic carbocycles. The van der Waals surface area contributed by atoms with Gasteiger partial charge in [0.05, 0.1) is 19.9 Å². The summed E-state index contributed by atoms with van der Waals surface area (Å²) in [6.45, 7) is 2.04. The van der Waals surface area contributed by atoms with E-state index < -0.39 is 11.2 Å². The minimum Gasteiger partial charge on any atom is -0.493 e. The Balaban J connectivity index is 1.49. The van der Waals surface area contributed by atoms with Crippen molar-refractivity contribution in [3.63, 3.8) is 0 Å². The molecular formula is C30H26Cl2N6O5. The van der Waals surface area contributed by atoms with Gasteiger partial charge in [-0.3, -0.25) is 23.3 Å². The Kier molecular flexibility index (Phi) is 8.38. The summed E-state index contributed by atoms with van der Waals surface area (Å²) in [6.07, 6.45) is 1.47. The number of aromatic nitrogens is 4. The van der Waals surface area contributed by atoms with Crippen LogP contribution in [0, 0.1) is 6.92 Å². The van der Waals surface area contributed by atoms with Crippen LogP contribution in [0.15, 0.2) is 75.4 Å². The Morgan fingerprint density at radius 3 is 2.44 bits per heavy atom. The van der Waals surface area contributed by atoms with Gasteiger partial charge in [-0.25, -0.2) is 10.2 Å². The van der Waals surface area contributed by atoms with Crippen LogP contribution < -0.4 is 26.1 Å². The normalized spacial score (nSPS) is 11.3. The highest BCUT2D eigenvalue weighted by atomic mass is 35.5. The van der Waals surface area contributed by atoms with Gasteiger partial charge in [0.15, 0.2) is 22.7 Å². The van der Waals surface area contributed by atoms with E-state index in [4.69, 9.17) is 32.7 Å². The minimum absolute atomic E-state index is 0.0318. The van der Waals surface area contributed by atoms with Crippen molar-refractivity contribution in [2.75, 3.05) is 7.11 Å². The smallest absolute Gasteiger partial charge is 0.332 e. The molecule has 0 radical (unpaired) electrons. The summed E-state index contributed by atoms with van der Waals surface area (Å²) in [5, 5.41) is 4.89. The molecule has 0 fully saturated rings. The molecule has 0 aliphatic heterocycles. The first-order chi connectivity index (χ1) is 20.6. The van der Waals surface area contributed by atoms with Crippen LogP contribution in [0.1, 0.15) is 27.0 Å². The summed E-state index contributed by atoms with van der Waals surface area (Å²) in [4.78, 5) is 42.7. The van der Waals surface area contributed by atoms with E-state index in [1.54, 1.807) is 53.1 Å². The molecule has 5 rings (SSSR count). The van der Waals surface area contributed by atoms with E-state index in [0.29, 0.717) is 32.5 Å². The fourth-order valence-corrected chi connectivity index (χ4v) is 4.82. The summed E-state index contributed by atoms with van der Waals surface area (Å²) in [6, 6.07) is 17.2. The number of hydrogen-bond acceptors (Lipinski definition) is 7. The third kappa shape index (κ3) is 6.04. The van der Waals surface area contributed by atoms with E-state index in [1.807, 2.05) is 19.1 Å². The number of nitrogens with one attached hydrogen (secondary N) is 1. The Labute approximate surface area is 255 Å². The molecule has 1 amide bonds. The summed E-state index contributed by atoms with van der Waals surface area (Å²) < 4.78 is 15.5. The highest BCUT2D eigenvalue weighted by Gasteiger charge is 2.22. The third-order valence-electron chi connectivity index (χ3n) is 6.74. The molecule has 0 saturated heterocycles. The van der Waals surface area contributed by atoms with Crippen molar-refractivity contribution in [2.45, 2.75) is 13.5 Å². The van der Waals surface area contributed by atoms with Gasteiger partial charge in [-0.05, 0) is 60.5 Å². The number of imidazole rings is 1. The van der Waals surface area contributed by atoms with E-state index >= 15 is 0 Å². The topological polar surface area (TPSA) is 122 Å². The minimum atomic E-state index is -0.545.